The summed E-state index contributed by atoms with van der Waals surface area (Å²) in [7, 11) is 1.57. The molecule has 0 atom stereocenters. The SMILES string of the molecule is COc1ccnc(C(C)(C)CC(=O)O)c1. The van der Waals surface area contributed by atoms with E-state index in [0.29, 0.717) is 5.75 Å². The van der Waals surface area contributed by atoms with E-state index in [-0.39, 0.29) is 6.42 Å². The zero-order valence-electron chi connectivity index (χ0n) is 9.15. The van der Waals surface area contributed by atoms with Gasteiger partial charge in [0.05, 0.1) is 19.2 Å². The zero-order valence-corrected chi connectivity index (χ0v) is 9.15. The van der Waals surface area contributed by atoms with Crippen molar-refractivity contribution in [3.63, 3.8) is 0 Å². The van der Waals surface area contributed by atoms with Gasteiger partial charge in [0.2, 0.25) is 0 Å². The van der Waals surface area contributed by atoms with Gasteiger partial charge in [-0.05, 0) is 6.07 Å². The van der Waals surface area contributed by atoms with Gasteiger partial charge in [-0.2, -0.15) is 0 Å². The van der Waals surface area contributed by atoms with E-state index in [1.54, 1.807) is 25.4 Å². The minimum atomic E-state index is -0.829. The molecule has 0 spiro atoms. The summed E-state index contributed by atoms with van der Waals surface area (Å²) in [5.74, 6) is -0.136. The van der Waals surface area contributed by atoms with Gasteiger partial charge in [0, 0.05) is 17.7 Å². The molecule has 1 aromatic heterocycles. The molecule has 0 aliphatic rings. The molecule has 0 fully saturated rings. The second kappa shape index (κ2) is 4.29. The number of pyridine rings is 1. The van der Waals surface area contributed by atoms with Crippen molar-refractivity contribution in [1.29, 1.82) is 0 Å². The van der Waals surface area contributed by atoms with Crippen molar-refractivity contribution in [2.24, 2.45) is 0 Å². The molecule has 1 aromatic rings. The summed E-state index contributed by atoms with van der Waals surface area (Å²) in [6.07, 6.45) is 1.67. The molecular formula is C11H15NO3. The number of aromatic nitrogens is 1. The number of carboxylic acids is 1. The van der Waals surface area contributed by atoms with Gasteiger partial charge < -0.3 is 9.84 Å². The van der Waals surface area contributed by atoms with Crippen molar-refractivity contribution in [1.82, 2.24) is 4.98 Å². The maximum absolute atomic E-state index is 10.7. The fourth-order valence-electron chi connectivity index (χ4n) is 1.38. The molecular weight excluding hydrogens is 194 g/mol. The van der Waals surface area contributed by atoms with Crippen LogP contribution in [0, 0.1) is 0 Å². The van der Waals surface area contributed by atoms with E-state index in [4.69, 9.17) is 9.84 Å². The minimum absolute atomic E-state index is 0.0488. The number of carboxylic acid groups (broad SMARTS) is 1. The van der Waals surface area contributed by atoms with E-state index in [1.807, 2.05) is 13.8 Å². The van der Waals surface area contributed by atoms with Crippen LogP contribution in [-0.4, -0.2) is 23.2 Å². The maximum Gasteiger partial charge on any atom is 0.304 e. The Morgan fingerprint density at radius 3 is 2.80 bits per heavy atom. The highest BCUT2D eigenvalue weighted by atomic mass is 16.5. The van der Waals surface area contributed by atoms with Crippen LogP contribution in [0.25, 0.3) is 0 Å². The van der Waals surface area contributed by atoms with Crippen LogP contribution in [0.3, 0.4) is 0 Å². The number of methoxy groups -OCH3 is 1. The third kappa shape index (κ3) is 2.94. The van der Waals surface area contributed by atoms with Crippen molar-refractivity contribution in [2.45, 2.75) is 25.7 Å². The van der Waals surface area contributed by atoms with E-state index in [0.717, 1.165) is 5.69 Å². The van der Waals surface area contributed by atoms with Crippen LogP contribution in [0.15, 0.2) is 18.3 Å². The number of carbonyl (C=O) groups is 1. The largest absolute Gasteiger partial charge is 0.497 e. The molecule has 0 aliphatic heterocycles. The predicted molar refractivity (Wildman–Crippen MR) is 56.1 cm³/mol. The van der Waals surface area contributed by atoms with Crippen molar-refractivity contribution < 1.29 is 14.6 Å². The molecule has 0 aliphatic carbocycles. The van der Waals surface area contributed by atoms with Gasteiger partial charge in [-0.3, -0.25) is 9.78 Å². The Labute approximate surface area is 88.9 Å². The summed E-state index contributed by atoms with van der Waals surface area (Å²) in [6, 6.07) is 3.50. The Kier molecular flexibility index (Phi) is 3.29. The number of aliphatic carboxylic acids is 1. The van der Waals surface area contributed by atoms with E-state index in [2.05, 4.69) is 4.98 Å². The topological polar surface area (TPSA) is 59.4 Å². The number of ether oxygens (including phenoxy) is 1. The Morgan fingerprint density at radius 2 is 2.27 bits per heavy atom. The standard InChI is InChI=1S/C11H15NO3/c1-11(2,7-10(13)14)9-6-8(15-3)4-5-12-9/h4-6H,7H2,1-3H3,(H,13,14). The lowest BCUT2D eigenvalue weighted by molar-refractivity contribution is -0.138. The average molecular weight is 209 g/mol. The second-order valence-corrected chi connectivity index (χ2v) is 4.04. The molecule has 0 radical (unpaired) electrons. The van der Waals surface area contributed by atoms with Gasteiger partial charge in [0.15, 0.2) is 0 Å². The lowest BCUT2D eigenvalue weighted by atomic mass is 9.85. The van der Waals surface area contributed by atoms with Crippen LogP contribution >= 0.6 is 0 Å². The van der Waals surface area contributed by atoms with Crippen molar-refractivity contribution >= 4 is 5.97 Å². The Balaban J connectivity index is 2.98. The monoisotopic (exact) mass is 209 g/mol. The number of rotatable bonds is 4. The lowest BCUT2D eigenvalue weighted by Gasteiger charge is -2.21. The molecule has 1 heterocycles. The first-order chi connectivity index (χ1) is 6.95. The van der Waals surface area contributed by atoms with Gasteiger partial charge in [0.25, 0.3) is 0 Å². The first-order valence-electron chi connectivity index (χ1n) is 4.68. The first kappa shape index (κ1) is 11.5. The number of nitrogens with zero attached hydrogens (tertiary/aromatic N) is 1. The Hall–Kier alpha value is -1.58. The Morgan fingerprint density at radius 1 is 1.60 bits per heavy atom. The van der Waals surface area contributed by atoms with E-state index < -0.39 is 11.4 Å². The van der Waals surface area contributed by atoms with Gasteiger partial charge in [0.1, 0.15) is 5.75 Å². The molecule has 0 bridgehead atoms. The van der Waals surface area contributed by atoms with Crippen LogP contribution in [0.4, 0.5) is 0 Å². The second-order valence-electron chi connectivity index (χ2n) is 4.04. The van der Waals surface area contributed by atoms with Crippen molar-refractivity contribution in [2.75, 3.05) is 7.11 Å². The van der Waals surface area contributed by atoms with Crippen molar-refractivity contribution in [3.8, 4) is 5.75 Å². The molecule has 82 valence electrons. The highest BCUT2D eigenvalue weighted by Crippen LogP contribution is 2.27. The molecule has 1 rings (SSSR count). The molecule has 0 saturated carbocycles. The van der Waals surface area contributed by atoms with Gasteiger partial charge in [-0.25, -0.2) is 0 Å². The lowest BCUT2D eigenvalue weighted by Crippen LogP contribution is -2.22. The van der Waals surface area contributed by atoms with Crippen LogP contribution in [-0.2, 0) is 10.2 Å². The van der Waals surface area contributed by atoms with Crippen LogP contribution < -0.4 is 4.74 Å². The Bertz CT molecular complexity index is 361. The molecule has 1 N–H and O–H groups in total. The maximum atomic E-state index is 10.7. The molecule has 4 heteroatoms. The van der Waals surface area contributed by atoms with E-state index in [1.165, 1.54) is 0 Å². The van der Waals surface area contributed by atoms with Gasteiger partial charge >= 0.3 is 5.97 Å². The zero-order chi connectivity index (χ0) is 11.5. The summed E-state index contributed by atoms with van der Waals surface area (Å²) in [6.45, 7) is 3.70. The molecule has 0 aromatic carbocycles. The summed E-state index contributed by atoms with van der Waals surface area (Å²) in [5, 5.41) is 8.78. The van der Waals surface area contributed by atoms with Crippen LogP contribution in [0.5, 0.6) is 5.75 Å². The third-order valence-corrected chi connectivity index (χ3v) is 2.25. The first-order valence-corrected chi connectivity index (χ1v) is 4.68. The minimum Gasteiger partial charge on any atom is -0.497 e. The smallest absolute Gasteiger partial charge is 0.304 e. The van der Waals surface area contributed by atoms with Crippen LogP contribution in [0.2, 0.25) is 0 Å². The van der Waals surface area contributed by atoms with Gasteiger partial charge in [-0.15, -0.1) is 0 Å². The summed E-state index contributed by atoms with van der Waals surface area (Å²) < 4.78 is 5.07. The molecule has 0 unspecified atom stereocenters. The number of hydrogen-bond acceptors (Lipinski definition) is 3. The average Bonchev–Trinajstić information content (AvgIpc) is 2.16. The normalized spacial score (nSPS) is 11.1. The summed E-state index contributed by atoms with van der Waals surface area (Å²) in [5.41, 5.74) is 0.240. The number of hydrogen-bond donors (Lipinski definition) is 1. The van der Waals surface area contributed by atoms with Crippen molar-refractivity contribution in [3.05, 3.63) is 24.0 Å². The molecule has 4 nitrogen and oxygen atoms in total. The molecule has 0 amide bonds. The van der Waals surface area contributed by atoms with E-state index in [9.17, 15) is 4.79 Å². The van der Waals surface area contributed by atoms with Gasteiger partial charge in [-0.1, -0.05) is 13.8 Å². The van der Waals surface area contributed by atoms with Crippen LogP contribution in [0.1, 0.15) is 26.0 Å². The molecule has 0 saturated heterocycles. The summed E-state index contributed by atoms with van der Waals surface area (Å²) >= 11 is 0. The highest BCUT2D eigenvalue weighted by molar-refractivity contribution is 5.68. The predicted octanol–water partition coefficient (Wildman–Crippen LogP) is 1.84. The quantitative estimate of drug-likeness (QED) is 0.822. The molecule has 15 heavy (non-hydrogen) atoms. The highest BCUT2D eigenvalue weighted by Gasteiger charge is 2.25. The summed E-state index contributed by atoms with van der Waals surface area (Å²) in [4.78, 5) is 14.9. The van der Waals surface area contributed by atoms with E-state index >= 15 is 0 Å². The third-order valence-electron chi connectivity index (χ3n) is 2.25. The fraction of sp³-hybridized carbons (Fsp3) is 0.455. The fourth-order valence-corrected chi connectivity index (χ4v) is 1.38.